The molecule has 1 aromatic heterocycles. The molecule has 15 nitrogen and oxygen atoms in total. The molecule has 0 saturated carbocycles. The number of benzene rings is 4. The van der Waals surface area contributed by atoms with E-state index in [1.165, 1.54) is 48.5 Å². The van der Waals surface area contributed by atoms with Crippen molar-refractivity contribution < 1.29 is 41.3 Å². The summed E-state index contributed by atoms with van der Waals surface area (Å²) in [7, 11) is -8.40. The Bertz CT molecular complexity index is 2380. The lowest BCUT2D eigenvalue weighted by atomic mass is 9.77. The number of fused-ring (bicyclic) bond motifs is 6. The molecule has 244 valence electrons. The maximum atomic E-state index is 13.9. The minimum Gasteiger partial charge on any atom is -0.508 e. The summed E-state index contributed by atoms with van der Waals surface area (Å²) in [6.45, 7) is 0. The number of hydrogen-bond donors (Lipinski definition) is 6. The molecule has 0 unspecified atom stereocenters. The van der Waals surface area contributed by atoms with Crippen molar-refractivity contribution in [2.45, 2.75) is 14.8 Å². The minimum absolute atomic E-state index is 0.0838. The highest BCUT2D eigenvalue weighted by Crippen LogP contribution is 2.58. The third-order valence-corrected chi connectivity index (χ3v) is 11.3. The fourth-order valence-electron chi connectivity index (χ4n) is 5.64. The highest BCUT2D eigenvalue weighted by molar-refractivity contribution is 7.93. The lowest BCUT2D eigenvalue weighted by Gasteiger charge is -2.36. The van der Waals surface area contributed by atoms with Crippen molar-refractivity contribution in [2.75, 3.05) is 10.0 Å². The number of anilines is 2. The molecule has 0 amide bonds. The molecule has 0 bridgehead atoms. The SMILES string of the molecule is NC(=S)Nc1c(-c2ccc(S(=O)(=O)Nc3nnc(S(N)(=O)=O)s3)cc2)ccc2c1C(=O)OC21c2ccc(O)cc2Oc2cc(O)ccc21. The Morgan fingerprint density at radius 1 is 0.875 bits per heavy atom. The molecule has 0 aliphatic carbocycles. The summed E-state index contributed by atoms with van der Waals surface area (Å²) in [4.78, 5) is 13.7. The molecule has 8 N–H and O–H groups in total. The summed E-state index contributed by atoms with van der Waals surface area (Å²) in [6.07, 6.45) is 0. The van der Waals surface area contributed by atoms with Gasteiger partial charge in [0.1, 0.15) is 23.0 Å². The molecule has 0 radical (unpaired) electrons. The van der Waals surface area contributed by atoms with E-state index in [-0.39, 0.29) is 49.4 Å². The molecule has 1 spiro atoms. The summed E-state index contributed by atoms with van der Waals surface area (Å²) in [6, 6.07) is 17.6. The zero-order valence-electron chi connectivity index (χ0n) is 23.9. The van der Waals surface area contributed by atoms with Crippen molar-refractivity contribution in [1.29, 1.82) is 0 Å². The quantitative estimate of drug-likeness (QED) is 0.109. The zero-order chi connectivity index (χ0) is 34.2. The van der Waals surface area contributed by atoms with Gasteiger partial charge in [-0.15, -0.1) is 10.2 Å². The van der Waals surface area contributed by atoms with Gasteiger partial charge < -0.3 is 30.7 Å². The predicted molar refractivity (Wildman–Crippen MR) is 176 cm³/mol. The Balaban J connectivity index is 1.33. The van der Waals surface area contributed by atoms with Gasteiger partial charge >= 0.3 is 5.97 Å². The van der Waals surface area contributed by atoms with Crippen LogP contribution >= 0.6 is 23.6 Å². The van der Waals surface area contributed by atoms with Gasteiger partial charge in [0.05, 0.1) is 16.1 Å². The van der Waals surface area contributed by atoms with E-state index in [4.69, 9.17) is 32.6 Å². The first kappa shape index (κ1) is 31.3. The van der Waals surface area contributed by atoms with E-state index in [0.717, 1.165) is 0 Å². The molecule has 0 fully saturated rings. The van der Waals surface area contributed by atoms with Gasteiger partial charge in [-0.1, -0.05) is 35.6 Å². The summed E-state index contributed by atoms with van der Waals surface area (Å²) in [5.74, 6) is -0.547. The van der Waals surface area contributed by atoms with Gasteiger partial charge in [0.15, 0.2) is 10.7 Å². The molecule has 3 heterocycles. The summed E-state index contributed by atoms with van der Waals surface area (Å²) >= 11 is 5.60. The molecule has 0 saturated heterocycles. The van der Waals surface area contributed by atoms with E-state index >= 15 is 0 Å². The lowest BCUT2D eigenvalue weighted by molar-refractivity contribution is 0.0224. The van der Waals surface area contributed by atoms with Crippen LogP contribution in [0.4, 0.5) is 10.8 Å². The molecule has 19 heteroatoms. The average Bonchev–Trinajstić information content (AvgIpc) is 3.60. The van der Waals surface area contributed by atoms with Crippen molar-refractivity contribution in [3.8, 4) is 34.1 Å². The number of hydrogen-bond acceptors (Lipinski definition) is 13. The summed E-state index contributed by atoms with van der Waals surface area (Å²) in [5, 5.41) is 34.7. The van der Waals surface area contributed by atoms with Crippen LogP contribution in [0.3, 0.4) is 0 Å². The Labute approximate surface area is 280 Å². The van der Waals surface area contributed by atoms with Crippen LogP contribution in [0, 0.1) is 0 Å². The number of phenolic OH excluding ortho intramolecular Hbond substituents is 2. The molecule has 48 heavy (non-hydrogen) atoms. The topological polar surface area (TPSA) is 246 Å². The molecular formula is C29H20N6O9S4. The monoisotopic (exact) mass is 724 g/mol. The second-order valence-corrected chi connectivity index (χ2v) is 15.3. The van der Waals surface area contributed by atoms with Crippen molar-refractivity contribution in [1.82, 2.24) is 10.2 Å². The normalized spacial score (nSPS) is 14.3. The number of ether oxygens (including phenoxy) is 2. The number of aromatic hydroxyl groups is 2. The first-order valence-corrected chi connectivity index (χ1v) is 17.7. The number of esters is 1. The van der Waals surface area contributed by atoms with Crippen molar-refractivity contribution in [3.05, 3.63) is 95.1 Å². The molecule has 7 rings (SSSR count). The third-order valence-electron chi connectivity index (χ3n) is 7.54. The number of primary sulfonamides is 1. The number of nitrogens with zero attached hydrogens (tertiary/aromatic N) is 2. The van der Waals surface area contributed by atoms with Crippen LogP contribution in [0.5, 0.6) is 23.0 Å². The molecule has 2 aliphatic heterocycles. The third kappa shape index (κ3) is 5.04. The Kier molecular flexibility index (Phi) is 7.07. The van der Waals surface area contributed by atoms with Gasteiger partial charge in [-0.2, -0.15) is 0 Å². The Hall–Kier alpha value is -5.34. The second kappa shape index (κ2) is 10.9. The Morgan fingerprint density at radius 2 is 1.48 bits per heavy atom. The van der Waals surface area contributed by atoms with Crippen LogP contribution in [-0.4, -0.2) is 48.3 Å². The maximum absolute atomic E-state index is 13.9. The standard InChI is InChI=1S/C29H20N6O9S4/c30-26(45)32-24-17(13-1-5-16(6-2-13)48(41,42)35-27-33-34-28(46-27)47(31,39)40)7-10-20-23(24)25(38)44-29(20)18-8-3-14(36)11-21(18)43-22-12-15(37)4-9-19(22)29/h1-12,36-37H,(H,33,35)(H3,30,32,45)(H2,31,39,40). The number of nitrogens with one attached hydrogen (secondary N) is 2. The summed E-state index contributed by atoms with van der Waals surface area (Å²) in [5.41, 5.74) is 6.69. The van der Waals surface area contributed by atoms with E-state index in [1.54, 1.807) is 24.3 Å². The van der Waals surface area contributed by atoms with E-state index in [0.29, 0.717) is 39.2 Å². The summed E-state index contributed by atoms with van der Waals surface area (Å²) < 4.78 is 62.9. The van der Waals surface area contributed by atoms with Crippen molar-refractivity contribution >= 4 is 65.5 Å². The van der Waals surface area contributed by atoms with Gasteiger partial charge in [0, 0.05) is 34.4 Å². The van der Waals surface area contributed by atoms with E-state index in [2.05, 4.69) is 20.2 Å². The Morgan fingerprint density at radius 3 is 2.04 bits per heavy atom. The lowest BCUT2D eigenvalue weighted by Crippen LogP contribution is -2.32. The highest BCUT2D eigenvalue weighted by Gasteiger charge is 2.54. The van der Waals surface area contributed by atoms with Gasteiger partial charge in [0.2, 0.25) is 9.47 Å². The number of thiocarbonyl (C=S) groups is 1. The zero-order valence-corrected chi connectivity index (χ0v) is 27.1. The second-order valence-electron chi connectivity index (χ2n) is 10.5. The van der Waals surface area contributed by atoms with Crippen LogP contribution in [0.2, 0.25) is 0 Å². The fourth-order valence-corrected chi connectivity index (χ4v) is 8.30. The fraction of sp³-hybridized carbons (Fsp3) is 0.0345. The number of rotatable bonds is 6. The van der Waals surface area contributed by atoms with Crippen molar-refractivity contribution in [3.63, 3.8) is 0 Å². The molecule has 4 aromatic carbocycles. The number of aromatic nitrogens is 2. The number of carbonyl (C=O) groups is 1. The average molecular weight is 725 g/mol. The molecular weight excluding hydrogens is 705 g/mol. The van der Waals surface area contributed by atoms with E-state index in [9.17, 15) is 31.8 Å². The molecule has 5 aromatic rings. The van der Waals surface area contributed by atoms with Gasteiger partial charge in [0.25, 0.3) is 20.0 Å². The molecule has 0 atom stereocenters. The number of carbonyl (C=O) groups excluding carboxylic acids is 1. The largest absolute Gasteiger partial charge is 0.508 e. The molecule has 2 aliphatic rings. The van der Waals surface area contributed by atoms with Gasteiger partial charge in [-0.25, -0.2) is 26.8 Å². The van der Waals surface area contributed by atoms with Gasteiger partial charge in [-0.3, -0.25) is 4.72 Å². The maximum Gasteiger partial charge on any atom is 0.342 e. The first-order chi connectivity index (χ1) is 22.7. The van der Waals surface area contributed by atoms with Crippen LogP contribution in [-0.2, 0) is 30.4 Å². The van der Waals surface area contributed by atoms with Crippen molar-refractivity contribution in [2.24, 2.45) is 10.9 Å². The number of nitrogens with two attached hydrogens (primary N) is 2. The van der Waals surface area contributed by atoms with Gasteiger partial charge in [-0.05, 0) is 54.2 Å². The van der Waals surface area contributed by atoms with Crippen LogP contribution in [0.25, 0.3) is 11.1 Å². The van der Waals surface area contributed by atoms with Crippen LogP contribution in [0.1, 0.15) is 27.0 Å². The predicted octanol–water partition coefficient (Wildman–Crippen LogP) is 3.29. The van der Waals surface area contributed by atoms with Crippen LogP contribution < -0.4 is 25.6 Å². The minimum atomic E-state index is -4.23. The van der Waals surface area contributed by atoms with Crippen LogP contribution in [0.15, 0.2) is 82.0 Å². The number of sulfonamides is 2. The van der Waals surface area contributed by atoms with E-state index < -0.39 is 36.0 Å². The first-order valence-electron chi connectivity index (χ1n) is 13.5. The number of phenols is 2. The van der Waals surface area contributed by atoms with E-state index in [1.807, 2.05) is 0 Å². The smallest absolute Gasteiger partial charge is 0.342 e. The highest BCUT2D eigenvalue weighted by atomic mass is 32.2.